The van der Waals surface area contributed by atoms with E-state index in [1.807, 2.05) is 12.1 Å². The number of rotatable bonds is 5. The summed E-state index contributed by atoms with van der Waals surface area (Å²) in [6, 6.07) is 8.27. The molecule has 1 saturated heterocycles. The highest BCUT2D eigenvalue weighted by molar-refractivity contribution is 5.30. The van der Waals surface area contributed by atoms with Gasteiger partial charge in [-0.25, -0.2) is 0 Å². The van der Waals surface area contributed by atoms with Crippen LogP contribution in [0.3, 0.4) is 0 Å². The maximum Gasteiger partial charge on any atom is 0.118 e. The van der Waals surface area contributed by atoms with Crippen LogP contribution in [-0.4, -0.2) is 30.6 Å². The molecule has 112 valence electrons. The van der Waals surface area contributed by atoms with E-state index in [9.17, 15) is 0 Å². The third-order valence-electron chi connectivity index (χ3n) is 4.49. The lowest BCUT2D eigenvalue weighted by Gasteiger charge is -2.46. The first-order valence-electron chi connectivity index (χ1n) is 7.44. The average Bonchev–Trinajstić information content (AvgIpc) is 2.49. The summed E-state index contributed by atoms with van der Waals surface area (Å²) in [6.07, 6.45) is 3.91. The minimum absolute atomic E-state index is 0.0102. The molecule has 1 aromatic carbocycles. The van der Waals surface area contributed by atoms with Gasteiger partial charge in [0.2, 0.25) is 0 Å². The van der Waals surface area contributed by atoms with Gasteiger partial charge < -0.3 is 4.74 Å². The normalized spacial score (nSPS) is 18.8. The van der Waals surface area contributed by atoms with Crippen LogP contribution >= 0.6 is 0 Å². The average molecular weight is 277 g/mol. The molecule has 1 atom stereocenters. The summed E-state index contributed by atoms with van der Waals surface area (Å²) in [5.41, 5.74) is 4.20. The summed E-state index contributed by atoms with van der Waals surface area (Å²) in [4.78, 5) is 2.55. The molecule has 0 saturated carbocycles. The molecule has 4 nitrogen and oxygen atoms in total. The number of likely N-dealkylation sites (tertiary alicyclic amines) is 1. The summed E-state index contributed by atoms with van der Waals surface area (Å²) in [7, 11) is 1.69. The van der Waals surface area contributed by atoms with Crippen LogP contribution in [-0.2, 0) is 0 Å². The minimum Gasteiger partial charge on any atom is -0.497 e. The first-order valence-corrected chi connectivity index (χ1v) is 7.44. The number of hydrogen-bond acceptors (Lipinski definition) is 4. The van der Waals surface area contributed by atoms with Gasteiger partial charge in [-0.3, -0.25) is 16.2 Å². The maximum absolute atomic E-state index is 5.86. The van der Waals surface area contributed by atoms with Crippen molar-refractivity contribution in [3.05, 3.63) is 29.8 Å². The Labute approximate surface area is 122 Å². The second-order valence-corrected chi connectivity index (χ2v) is 6.07. The fraction of sp³-hybridized carbons (Fsp3) is 0.625. The SMILES string of the molecule is COc1ccc(C(NN)C(C)(C)N2CCCCC2)cc1. The number of piperidine rings is 1. The topological polar surface area (TPSA) is 50.5 Å². The highest BCUT2D eigenvalue weighted by atomic mass is 16.5. The summed E-state index contributed by atoms with van der Waals surface area (Å²) in [5, 5.41) is 0. The zero-order valence-electron chi connectivity index (χ0n) is 12.9. The predicted octanol–water partition coefficient (Wildman–Crippen LogP) is 2.46. The number of hydrazine groups is 1. The number of ether oxygens (including phenoxy) is 1. The van der Waals surface area contributed by atoms with Gasteiger partial charge in [-0.1, -0.05) is 18.6 Å². The molecule has 0 spiro atoms. The Morgan fingerprint density at radius 2 is 1.75 bits per heavy atom. The summed E-state index contributed by atoms with van der Waals surface area (Å²) in [6.45, 7) is 6.85. The minimum atomic E-state index is -0.0102. The molecule has 1 fully saturated rings. The standard InChI is InChI=1S/C16H27N3O/c1-16(2,19-11-5-4-6-12-19)15(18-17)13-7-9-14(20-3)10-8-13/h7-10,15,18H,4-6,11-12,17H2,1-3H3. The second-order valence-electron chi connectivity index (χ2n) is 6.07. The van der Waals surface area contributed by atoms with E-state index in [2.05, 4.69) is 36.3 Å². The highest BCUT2D eigenvalue weighted by Gasteiger charge is 2.36. The van der Waals surface area contributed by atoms with Crippen molar-refractivity contribution in [3.8, 4) is 5.75 Å². The Hall–Kier alpha value is -1.10. The molecule has 0 aromatic heterocycles. The van der Waals surface area contributed by atoms with Crippen molar-refractivity contribution >= 4 is 0 Å². The molecular formula is C16H27N3O. The molecule has 1 aliphatic heterocycles. The van der Waals surface area contributed by atoms with E-state index >= 15 is 0 Å². The summed E-state index contributed by atoms with van der Waals surface area (Å²) >= 11 is 0. The zero-order chi connectivity index (χ0) is 14.6. The lowest BCUT2D eigenvalue weighted by molar-refractivity contribution is 0.0608. The predicted molar refractivity (Wildman–Crippen MR) is 82.6 cm³/mol. The van der Waals surface area contributed by atoms with Gasteiger partial charge in [0.15, 0.2) is 0 Å². The molecule has 20 heavy (non-hydrogen) atoms. The second kappa shape index (κ2) is 6.57. The molecule has 0 aliphatic carbocycles. The quantitative estimate of drug-likeness (QED) is 0.641. The number of methoxy groups -OCH3 is 1. The number of nitrogens with two attached hydrogens (primary N) is 1. The third-order valence-corrected chi connectivity index (χ3v) is 4.49. The monoisotopic (exact) mass is 277 g/mol. The van der Waals surface area contributed by atoms with E-state index in [-0.39, 0.29) is 11.6 Å². The van der Waals surface area contributed by atoms with Crippen LogP contribution in [0.25, 0.3) is 0 Å². The number of hydrogen-bond donors (Lipinski definition) is 2. The smallest absolute Gasteiger partial charge is 0.118 e. The summed E-state index contributed by atoms with van der Waals surface area (Å²) < 4.78 is 5.22. The Morgan fingerprint density at radius 3 is 2.25 bits per heavy atom. The van der Waals surface area contributed by atoms with Crippen molar-refractivity contribution in [1.29, 1.82) is 0 Å². The van der Waals surface area contributed by atoms with Gasteiger partial charge in [0, 0.05) is 5.54 Å². The zero-order valence-corrected chi connectivity index (χ0v) is 12.9. The highest BCUT2D eigenvalue weighted by Crippen LogP contribution is 2.33. The molecule has 1 heterocycles. The van der Waals surface area contributed by atoms with Crippen LogP contribution in [0.5, 0.6) is 5.75 Å². The van der Waals surface area contributed by atoms with Crippen molar-refractivity contribution in [2.75, 3.05) is 20.2 Å². The van der Waals surface area contributed by atoms with Crippen LogP contribution in [0.1, 0.15) is 44.7 Å². The lowest BCUT2D eigenvalue weighted by atomic mass is 9.86. The van der Waals surface area contributed by atoms with E-state index in [1.165, 1.54) is 24.8 Å². The Kier molecular flexibility index (Phi) is 5.02. The van der Waals surface area contributed by atoms with Crippen molar-refractivity contribution in [2.45, 2.75) is 44.7 Å². The summed E-state index contributed by atoms with van der Waals surface area (Å²) in [5.74, 6) is 6.74. The van der Waals surface area contributed by atoms with E-state index < -0.39 is 0 Å². The van der Waals surface area contributed by atoms with Crippen LogP contribution in [0.4, 0.5) is 0 Å². The molecule has 3 N–H and O–H groups in total. The molecule has 0 amide bonds. The van der Waals surface area contributed by atoms with Crippen molar-refractivity contribution in [3.63, 3.8) is 0 Å². The lowest BCUT2D eigenvalue weighted by Crippen LogP contribution is -2.55. The van der Waals surface area contributed by atoms with Gasteiger partial charge >= 0.3 is 0 Å². The van der Waals surface area contributed by atoms with Crippen LogP contribution in [0.2, 0.25) is 0 Å². The maximum atomic E-state index is 5.86. The van der Waals surface area contributed by atoms with Gasteiger partial charge in [0.05, 0.1) is 13.2 Å². The molecular weight excluding hydrogens is 250 g/mol. The van der Waals surface area contributed by atoms with Crippen molar-refractivity contribution in [2.24, 2.45) is 5.84 Å². The fourth-order valence-electron chi connectivity index (χ4n) is 3.16. The third kappa shape index (κ3) is 3.14. The largest absolute Gasteiger partial charge is 0.497 e. The van der Waals surface area contributed by atoms with E-state index in [0.717, 1.165) is 18.8 Å². The van der Waals surface area contributed by atoms with Crippen LogP contribution < -0.4 is 16.0 Å². The van der Waals surface area contributed by atoms with Crippen molar-refractivity contribution in [1.82, 2.24) is 10.3 Å². The van der Waals surface area contributed by atoms with Crippen LogP contribution in [0, 0.1) is 0 Å². The van der Waals surface area contributed by atoms with E-state index in [4.69, 9.17) is 10.6 Å². The van der Waals surface area contributed by atoms with Crippen molar-refractivity contribution < 1.29 is 4.74 Å². The van der Waals surface area contributed by atoms with Gasteiger partial charge in [0.1, 0.15) is 5.75 Å². The Balaban J connectivity index is 2.20. The number of nitrogens with one attached hydrogen (secondary N) is 1. The van der Waals surface area contributed by atoms with E-state index in [0.29, 0.717) is 0 Å². The molecule has 0 bridgehead atoms. The van der Waals surface area contributed by atoms with Gasteiger partial charge in [-0.15, -0.1) is 0 Å². The number of benzene rings is 1. The number of nitrogens with zero attached hydrogens (tertiary/aromatic N) is 1. The molecule has 1 unspecified atom stereocenters. The molecule has 1 aromatic rings. The fourth-order valence-corrected chi connectivity index (χ4v) is 3.16. The molecule has 2 rings (SSSR count). The van der Waals surface area contributed by atoms with Gasteiger partial charge in [-0.05, 0) is 57.5 Å². The first-order chi connectivity index (χ1) is 9.59. The van der Waals surface area contributed by atoms with Gasteiger partial charge in [0.25, 0.3) is 0 Å². The van der Waals surface area contributed by atoms with Gasteiger partial charge in [-0.2, -0.15) is 0 Å². The molecule has 0 radical (unpaired) electrons. The first kappa shape index (κ1) is 15.3. The molecule has 4 heteroatoms. The molecule has 1 aliphatic rings. The van der Waals surface area contributed by atoms with Crippen LogP contribution in [0.15, 0.2) is 24.3 Å². The Bertz CT molecular complexity index is 410. The van der Waals surface area contributed by atoms with E-state index in [1.54, 1.807) is 7.11 Å². The Morgan fingerprint density at radius 1 is 1.15 bits per heavy atom.